The second kappa shape index (κ2) is 9.92. The van der Waals surface area contributed by atoms with Gasteiger partial charge in [0, 0.05) is 24.5 Å². The molecule has 2 aromatic heterocycles. The van der Waals surface area contributed by atoms with E-state index in [4.69, 9.17) is 9.47 Å². The Labute approximate surface area is 198 Å². The Bertz CT molecular complexity index is 1180. The van der Waals surface area contributed by atoms with Gasteiger partial charge in [-0.3, -0.25) is 9.78 Å². The fourth-order valence-electron chi connectivity index (χ4n) is 4.57. The molecule has 0 radical (unpaired) electrons. The molecule has 0 spiro atoms. The van der Waals surface area contributed by atoms with E-state index in [-0.39, 0.29) is 12.5 Å². The van der Waals surface area contributed by atoms with E-state index in [0.717, 1.165) is 48.1 Å². The minimum atomic E-state index is -0.598. The number of likely N-dealkylation sites (tertiary alicyclic amines) is 1. The molecule has 0 unspecified atom stereocenters. The number of hydrogen-bond acceptors (Lipinski definition) is 8. The predicted molar refractivity (Wildman–Crippen MR) is 128 cm³/mol. The van der Waals surface area contributed by atoms with Crippen molar-refractivity contribution in [2.45, 2.75) is 31.5 Å². The summed E-state index contributed by atoms with van der Waals surface area (Å²) in [5, 5.41) is 18.2. The fourth-order valence-corrected chi connectivity index (χ4v) is 4.57. The van der Waals surface area contributed by atoms with Crippen molar-refractivity contribution in [1.82, 2.24) is 20.2 Å². The highest BCUT2D eigenvalue weighted by Crippen LogP contribution is 2.28. The summed E-state index contributed by atoms with van der Waals surface area (Å²) in [5.74, 6) is 1.59. The monoisotopic (exact) mass is 463 g/mol. The van der Waals surface area contributed by atoms with Gasteiger partial charge in [0.2, 0.25) is 0 Å². The Balaban J connectivity index is 1.14. The molecule has 0 saturated carbocycles. The molecule has 1 aromatic carbocycles. The number of rotatable bonds is 7. The van der Waals surface area contributed by atoms with Crippen LogP contribution in [0.4, 0.5) is 5.82 Å². The molecule has 1 atom stereocenters. The van der Waals surface area contributed by atoms with Crippen LogP contribution in [0.25, 0.3) is 10.9 Å². The van der Waals surface area contributed by atoms with Crippen molar-refractivity contribution in [1.29, 1.82) is 0 Å². The first-order valence-corrected chi connectivity index (χ1v) is 11.6. The highest BCUT2D eigenvalue weighted by atomic mass is 16.5. The molecule has 3 aromatic rings. The maximum absolute atomic E-state index is 11.5. The number of aromatic nitrogens is 2. The largest absolute Gasteiger partial charge is 0.495 e. The number of aliphatic hydroxyl groups is 1. The van der Waals surface area contributed by atoms with Crippen LogP contribution in [0, 0.1) is 0 Å². The van der Waals surface area contributed by atoms with E-state index < -0.39 is 6.10 Å². The number of methoxy groups -OCH3 is 1. The van der Waals surface area contributed by atoms with Gasteiger partial charge in [0.15, 0.2) is 18.2 Å². The summed E-state index contributed by atoms with van der Waals surface area (Å²) in [5.41, 5.74) is 2.59. The van der Waals surface area contributed by atoms with Gasteiger partial charge in [0.05, 0.1) is 30.6 Å². The lowest BCUT2D eigenvalue weighted by Gasteiger charge is -2.33. The van der Waals surface area contributed by atoms with Gasteiger partial charge in [0.1, 0.15) is 5.75 Å². The standard InChI is InChI=1S/C25H29N5O4/c1-33-18-11-20-19(3-2-4-21(20)27-13-18)22(31)14-30-9-7-16(8-10-30)26-12-17-5-6-23-25(28-17)29-24(32)15-34-23/h2-6,11,13,16,22,26,31H,7-10,12,14-15H2,1H3,(H,28,29,32)/t22-/m0/s1. The average molecular weight is 464 g/mol. The molecule has 4 heterocycles. The maximum Gasteiger partial charge on any atom is 0.263 e. The zero-order valence-electron chi connectivity index (χ0n) is 19.2. The summed E-state index contributed by atoms with van der Waals surface area (Å²) < 4.78 is 10.7. The van der Waals surface area contributed by atoms with Gasteiger partial charge in [0.25, 0.3) is 5.91 Å². The lowest BCUT2D eigenvalue weighted by atomic mass is 10.0. The second-order valence-corrected chi connectivity index (χ2v) is 8.75. The molecule has 5 rings (SSSR count). The van der Waals surface area contributed by atoms with E-state index in [2.05, 4.69) is 25.5 Å². The minimum Gasteiger partial charge on any atom is -0.495 e. The lowest BCUT2D eigenvalue weighted by Crippen LogP contribution is -2.43. The molecule has 9 heteroatoms. The quantitative estimate of drug-likeness (QED) is 0.490. The summed E-state index contributed by atoms with van der Waals surface area (Å²) >= 11 is 0. The first-order valence-electron chi connectivity index (χ1n) is 11.6. The minimum absolute atomic E-state index is 0.0329. The summed E-state index contributed by atoms with van der Waals surface area (Å²) in [4.78, 5) is 22.7. The van der Waals surface area contributed by atoms with E-state index in [0.29, 0.717) is 36.4 Å². The summed E-state index contributed by atoms with van der Waals surface area (Å²) in [6.07, 6.45) is 3.07. The van der Waals surface area contributed by atoms with Gasteiger partial charge in [-0.05, 0) is 55.8 Å². The van der Waals surface area contributed by atoms with Crippen molar-refractivity contribution in [3.05, 3.63) is 53.9 Å². The molecule has 0 bridgehead atoms. The molecule has 3 N–H and O–H groups in total. The van der Waals surface area contributed by atoms with Crippen molar-refractivity contribution < 1.29 is 19.4 Å². The number of pyridine rings is 2. The van der Waals surface area contributed by atoms with Crippen LogP contribution in [0.1, 0.15) is 30.2 Å². The number of hydrogen-bond donors (Lipinski definition) is 3. The lowest BCUT2D eigenvalue weighted by molar-refractivity contribution is -0.118. The number of benzene rings is 1. The third-order valence-corrected chi connectivity index (χ3v) is 6.45. The van der Waals surface area contributed by atoms with E-state index in [1.165, 1.54) is 0 Å². The van der Waals surface area contributed by atoms with Crippen LogP contribution < -0.4 is 20.1 Å². The van der Waals surface area contributed by atoms with Gasteiger partial charge in [-0.1, -0.05) is 12.1 Å². The number of anilines is 1. The molecule has 2 aliphatic rings. The van der Waals surface area contributed by atoms with E-state index >= 15 is 0 Å². The fraction of sp³-hybridized carbons (Fsp3) is 0.400. The van der Waals surface area contributed by atoms with Crippen LogP contribution in [0.3, 0.4) is 0 Å². The van der Waals surface area contributed by atoms with Crippen molar-refractivity contribution in [3.63, 3.8) is 0 Å². The number of ether oxygens (including phenoxy) is 2. The molecular formula is C25H29N5O4. The highest BCUT2D eigenvalue weighted by molar-refractivity contribution is 5.94. The van der Waals surface area contributed by atoms with E-state index in [1.807, 2.05) is 36.4 Å². The average Bonchev–Trinajstić information content (AvgIpc) is 2.87. The van der Waals surface area contributed by atoms with Gasteiger partial charge in [-0.25, -0.2) is 4.98 Å². The predicted octanol–water partition coefficient (Wildman–Crippen LogP) is 2.26. The number of carbonyl (C=O) groups excluding carboxylic acids is 1. The van der Waals surface area contributed by atoms with Gasteiger partial charge < -0.3 is 30.1 Å². The molecule has 9 nitrogen and oxygen atoms in total. The van der Waals surface area contributed by atoms with Crippen LogP contribution in [0.2, 0.25) is 0 Å². The Morgan fingerprint density at radius 1 is 1.29 bits per heavy atom. The number of piperidine rings is 1. The third-order valence-electron chi connectivity index (χ3n) is 6.45. The number of aliphatic hydroxyl groups excluding tert-OH is 1. The van der Waals surface area contributed by atoms with Crippen LogP contribution >= 0.6 is 0 Å². The molecule has 1 fully saturated rings. The second-order valence-electron chi connectivity index (χ2n) is 8.75. The maximum atomic E-state index is 11.5. The smallest absolute Gasteiger partial charge is 0.263 e. The van der Waals surface area contributed by atoms with Gasteiger partial charge in [-0.2, -0.15) is 0 Å². The van der Waals surface area contributed by atoms with Crippen LogP contribution in [0.5, 0.6) is 11.5 Å². The van der Waals surface area contributed by atoms with Crippen molar-refractivity contribution in [3.8, 4) is 11.5 Å². The van der Waals surface area contributed by atoms with Crippen molar-refractivity contribution >= 4 is 22.6 Å². The topological polar surface area (TPSA) is 109 Å². The number of β-amino-alcohol motifs (C(OH)–C–C–N with tert-alkyl or cyclic N) is 1. The Kier molecular flexibility index (Phi) is 6.57. The zero-order chi connectivity index (χ0) is 23.5. The van der Waals surface area contributed by atoms with Gasteiger partial charge >= 0.3 is 0 Å². The first kappa shape index (κ1) is 22.5. The number of fused-ring (bicyclic) bond motifs is 2. The number of nitrogens with one attached hydrogen (secondary N) is 2. The van der Waals surface area contributed by atoms with Crippen molar-refractivity contribution in [2.24, 2.45) is 0 Å². The van der Waals surface area contributed by atoms with Crippen LogP contribution in [0.15, 0.2) is 42.6 Å². The molecule has 178 valence electrons. The number of amides is 1. The van der Waals surface area contributed by atoms with Crippen molar-refractivity contribution in [2.75, 3.05) is 38.7 Å². The molecule has 1 amide bonds. The number of carbonyl (C=O) groups is 1. The summed E-state index contributed by atoms with van der Waals surface area (Å²) in [6.45, 7) is 3.05. The zero-order valence-corrected chi connectivity index (χ0v) is 19.2. The van der Waals surface area contributed by atoms with Crippen LogP contribution in [-0.4, -0.2) is 65.3 Å². The SMILES string of the molecule is COc1cnc2cccc([C@@H](O)CN3CCC(NCc4ccc5c(n4)NC(=O)CO5)CC3)c2c1. The van der Waals surface area contributed by atoms with Crippen LogP contribution in [-0.2, 0) is 11.3 Å². The summed E-state index contributed by atoms with van der Waals surface area (Å²) in [6, 6.07) is 11.9. The number of nitrogens with zero attached hydrogens (tertiary/aromatic N) is 3. The summed E-state index contributed by atoms with van der Waals surface area (Å²) in [7, 11) is 1.62. The molecule has 2 aliphatic heterocycles. The third kappa shape index (κ3) is 4.96. The molecule has 34 heavy (non-hydrogen) atoms. The van der Waals surface area contributed by atoms with Gasteiger partial charge in [-0.15, -0.1) is 0 Å². The molecule has 0 aliphatic carbocycles. The van der Waals surface area contributed by atoms with E-state index in [9.17, 15) is 9.90 Å². The normalized spacial score (nSPS) is 17.6. The molecular weight excluding hydrogens is 434 g/mol. The first-order chi connectivity index (χ1) is 16.6. The highest BCUT2D eigenvalue weighted by Gasteiger charge is 2.23. The Hall–Kier alpha value is -3.27. The van der Waals surface area contributed by atoms with E-state index in [1.54, 1.807) is 13.3 Å². The Morgan fingerprint density at radius 2 is 2.15 bits per heavy atom. The molecule has 1 saturated heterocycles. The Morgan fingerprint density at radius 3 is 2.97 bits per heavy atom.